The van der Waals surface area contributed by atoms with Crippen LogP contribution in [0.2, 0.25) is 0 Å². The summed E-state index contributed by atoms with van der Waals surface area (Å²) in [6, 6.07) is 11.1. The SMILES string of the molecule is CCCNC(Cc1ccc(OC)cc1)c1sccc1CC. The van der Waals surface area contributed by atoms with Gasteiger partial charge in [0.15, 0.2) is 0 Å². The summed E-state index contributed by atoms with van der Waals surface area (Å²) in [6.45, 7) is 5.50. The van der Waals surface area contributed by atoms with E-state index < -0.39 is 0 Å². The average molecular weight is 303 g/mol. The van der Waals surface area contributed by atoms with Crippen molar-refractivity contribution in [1.82, 2.24) is 5.32 Å². The first kappa shape index (κ1) is 16.1. The highest BCUT2D eigenvalue weighted by molar-refractivity contribution is 7.10. The molecule has 2 rings (SSSR count). The van der Waals surface area contributed by atoms with Crippen LogP contribution in [0.5, 0.6) is 5.75 Å². The monoisotopic (exact) mass is 303 g/mol. The smallest absolute Gasteiger partial charge is 0.118 e. The Hall–Kier alpha value is -1.32. The van der Waals surface area contributed by atoms with Crippen molar-refractivity contribution in [2.75, 3.05) is 13.7 Å². The highest BCUT2D eigenvalue weighted by Gasteiger charge is 2.16. The van der Waals surface area contributed by atoms with Gasteiger partial charge in [0.1, 0.15) is 5.75 Å². The maximum Gasteiger partial charge on any atom is 0.118 e. The zero-order valence-electron chi connectivity index (χ0n) is 13.2. The van der Waals surface area contributed by atoms with Crippen LogP contribution in [0.25, 0.3) is 0 Å². The van der Waals surface area contributed by atoms with Crippen molar-refractivity contribution in [1.29, 1.82) is 0 Å². The van der Waals surface area contributed by atoms with E-state index in [0.29, 0.717) is 6.04 Å². The van der Waals surface area contributed by atoms with Gasteiger partial charge < -0.3 is 10.1 Å². The minimum atomic E-state index is 0.410. The van der Waals surface area contributed by atoms with Crippen molar-refractivity contribution in [3.05, 3.63) is 51.7 Å². The molecule has 1 unspecified atom stereocenters. The topological polar surface area (TPSA) is 21.3 Å². The van der Waals surface area contributed by atoms with E-state index in [1.54, 1.807) is 7.11 Å². The van der Waals surface area contributed by atoms with Crippen LogP contribution in [0.4, 0.5) is 0 Å². The number of ether oxygens (including phenoxy) is 1. The molecule has 0 fully saturated rings. The molecule has 3 heteroatoms. The number of nitrogens with one attached hydrogen (secondary N) is 1. The number of thiophene rings is 1. The highest BCUT2D eigenvalue weighted by Crippen LogP contribution is 2.28. The number of aryl methyl sites for hydroxylation is 1. The lowest BCUT2D eigenvalue weighted by Gasteiger charge is -2.19. The summed E-state index contributed by atoms with van der Waals surface area (Å²) >= 11 is 1.87. The summed E-state index contributed by atoms with van der Waals surface area (Å²) in [5.74, 6) is 0.919. The number of methoxy groups -OCH3 is 1. The first-order valence-electron chi connectivity index (χ1n) is 7.71. The summed E-state index contributed by atoms with van der Waals surface area (Å²) in [4.78, 5) is 1.49. The molecule has 114 valence electrons. The lowest BCUT2D eigenvalue weighted by atomic mass is 10.0. The summed E-state index contributed by atoms with van der Waals surface area (Å²) in [7, 11) is 1.71. The molecule has 0 bridgehead atoms. The van der Waals surface area contributed by atoms with Gasteiger partial charge in [0, 0.05) is 10.9 Å². The molecule has 2 aromatic rings. The Morgan fingerprint density at radius 3 is 2.52 bits per heavy atom. The molecule has 0 amide bonds. The van der Waals surface area contributed by atoms with Gasteiger partial charge in [-0.25, -0.2) is 0 Å². The lowest BCUT2D eigenvalue weighted by molar-refractivity contribution is 0.414. The zero-order chi connectivity index (χ0) is 15.1. The second-order valence-corrected chi connectivity index (χ2v) is 6.17. The van der Waals surface area contributed by atoms with Crippen molar-refractivity contribution in [3.63, 3.8) is 0 Å². The summed E-state index contributed by atoms with van der Waals surface area (Å²) in [5, 5.41) is 5.91. The lowest BCUT2D eigenvalue weighted by Crippen LogP contribution is -2.24. The van der Waals surface area contributed by atoms with E-state index in [1.807, 2.05) is 23.5 Å². The van der Waals surface area contributed by atoms with Crippen LogP contribution < -0.4 is 10.1 Å². The van der Waals surface area contributed by atoms with Crippen molar-refractivity contribution in [2.45, 2.75) is 39.2 Å². The van der Waals surface area contributed by atoms with Crippen LogP contribution in [0, 0.1) is 0 Å². The molecule has 1 atom stereocenters. The molecule has 0 saturated heterocycles. The fourth-order valence-electron chi connectivity index (χ4n) is 2.52. The van der Waals surface area contributed by atoms with E-state index >= 15 is 0 Å². The molecule has 0 spiro atoms. The Labute approximate surface area is 132 Å². The van der Waals surface area contributed by atoms with Gasteiger partial charge in [-0.15, -0.1) is 11.3 Å². The van der Waals surface area contributed by atoms with E-state index in [2.05, 4.69) is 42.7 Å². The third kappa shape index (κ3) is 4.32. The summed E-state index contributed by atoms with van der Waals surface area (Å²) < 4.78 is 5.23. The average Bonchev–Trinajstić information content (AvgIpc) is 3.00. The molecule has 1 N–H and O–H groups in total. The first-order chi connectivity index (χ1) is 10.3. The Balaban J connectivity index is 2.15. The quantitative estimate of drug-likeness (QED) is 0.769. The van der Waals surface area contributed by atoms with Crippen LogP contribution in [0.1, 0.15) is 42.3 Å². The van der Waals surface area contributed by atoms with Crippen LogP contribution in [0.15, 0.2) is 35.7 Å². The van der Waals surface area contributed by atoms with E-state index in [1.165, 1.54) is 16.0 Å². The first-order valence-corrected chi connectivity index (χ1v) is 8.59. The highest BCUT2D eigenvalue weighted by atomic mass is 32.1. The molecule has 21 heavy (non-hydrogen) atoms. The molecule has 1 aromatic carbocycles. The predicted octanol–water partition coefficient (Wildman–Crippen LogP) is 4.60. The molecule has 2 nitrogen and oxygen atoms in total. The van der Waals surface area contributed by atoms with E-state index in [0.717, 1.165) is 31.6 Å². The van der Waals surface area contributed by atoms with Gasteiger partial charge in [-0.2, -0.15) is 0 Å². The van der Waals surface area contributed by atoms with Gasteiger partial charge >= 0.3 is 0 Å². The van der Waals surface area contributed by atoms with Crippen LogP contribution in [-0.4, -0.2) is 13.7 Å². The molecular formula is C18H25NOS. The molecule has 0 aliphatic rings. The van der Waals surface area contributed by atoms with Gasteiger partial charge in [0.25, 0.3) is 0 Å². The third-order valence-electron chi connectivity index (χ3n) is 3.72. The Morgan fingerprint density at radius 2 is 1.90 bits per heavy atom. The fraction of sp³-hybridized carbons (Fsp3) is 0.444. The normalized spacial score (nSPS) is 12.3. The largest absolute Gasteiger partial charge is 0.497 e. The molecule has 1 aromatic heterocycles. The second kappa shape index (κ2) is 8.20. The minimum Gasteiger partial charge on any atom is -0.497 e. The van der Waals surface area contributed by atoms with E-state index in [4.69, 9.17) is 4.74 Å². The van der Waals surface area contributed by atoms with E-state index in [-0.39, 0.29) is 0 Å². The standard InChI is InChI=1S/C18H25NOS/c1-4-11-19-17(18-15(5-2)10-12-21-18)13-14-6-8-16(20-3)9-7-14/h6-10,12,17,19H,4-5,11,13H2,1-3H3. The van der Waals surface area contributed by atoms with Crippen LogP contribution >= 0.6 is 11.3 Å². The van der Waals surface area contributed by atoms with E-state index in [9.17, 15) is 0 Å². The number of rotatable bonds is 8. The Bertz CT molecular complexity index is 532. The summed E-state index contributed by atoms with van der Waals surface area (Å²) in [6.07, 6.45) is 3.29. The van der Waals surface area contributed by atoms with Crippen molar-refractivity contribution >= 4 is 11.3 Å². The molecule has 0 saturated carbocycles. The molecule has 0 aliphatic heterocycles. The molecule has 0 aliphatic carbocycles. The van der Waals surface area contributed by atoms with Crippen molar-refractivity contribution in [3.8, 4) is 5.75 Å². The van der Waals surface area contributed by atoms with Crippen molar-refractivity contribution in [2.24, 2.45) is 0 Å². The minimum absolute atomic E-state index is 0.410. The maximum atomic E-state index is 5.23. The van der Waals surface area contributed by atoms with Gasteiger partial charge in [0.05, 0.1) is 7.11 Å². The number of hydrogen-bond acceptors (Lipinski definition) is 3. The Morgan fingerprint density at radius 1 is 1.14 bits per heavy atom. The van der Waals surface area contributed by atoms with Crippen LogP contribution in [0.3, 0.4) is 0 Å². The van der Waals surface area contributed by atoms with Gasteiger partial charge in [0.2, 0.25) is 0 Å². The fourth-order valence-corrected chi connectivity index (χ4v) is 3.59. The van der Waals surface area contributed by atoms with Crippen molar-refractivity contribution < 1.29 is 4.74 Å². The molecular weight excluding hydrogens is 278 g/mol. The Kier molecular flexibility index (Phi) is 6.27. The number of benzene rings is 1. The molecule has 1 heterocycles. The van der Waals surface area contributed by atoms with Crippen LogP contribution in [-0.2, 0) is 12.8 Å². The predicted molar refractivity (Wildman–Crippen MR) is 91.4 cm³/mol. The molecule has 0 radical (unpaired) electrons. The zero-order valence-corrected chi connectivity index (χ0v) is 14.0. The maximum absolute atomic E-state index is 5.23. The van der Waals surface area contributed by atoms with Gasteiger partial charge in [-0.05, 0) is 60.5 Å². The van der Waals surface area contributed by atoms with Gasteiger partial charge in [-0.1, -0.05) is 26.0 Å². The van der Waals surface area contributed by atoms with Gasteiger partial charge in [-0.3, -0.25) is 0 Å². The third-order valence-corrected chi connectivity index (χ3v) is 4.79. The summed E-state index contributed by atoms with van der Waals surface area (Å²) in [5.41, 5.74) is 2.82. The second-order valence-electron chi connectivity index (χ2n) is 5.22. The number of hydrogen-bond donors (Lipinski definition) is 1.